The summed E-state index contributed by atoms with van der Waals surface area (Å²) in [6, 6.07) is 2.35. The van der Waals surface area contributed by atoms with Gasteiger partial charge in [-0.05, 0) is 17.7 Å². The molecule has 0 aliphatic carbocycles. The minimum Gasteiger partial charge on any atom is -0.504 e. The summed E-state index contributed by atoms with van der Waals surface area (Å²) in [5.41, 5.74) is 0.152. The lowest BCUT2D eigenvalue weighted by atomic mass is 10.1. The van der Waals surface area contributed by atoms with Crippen molar-refractivity contribution >= 4 is 0 Å². The topological polar surface area (TPSA) is 69.9 Å². The zero-order chi connectivity index (χ0) is 10.7. The van der Waals surface area contributed by atoms with Crippen LogP contribution in [0, 0.1) is 0 Å². The predicted molar refractivity (Wildman–Crippen MR) is 47.3 cm³/mol. The second-order valence-corrected chi connectivity index (χ2v) is 2.76. The molecule has 1 unspecified atom stereocenters. The van der Waals surface area contributed by atoms with Gasteiger partial charge in [-0.2, -0.15) is 0 Å². The van der Waals surface area contributed by atoms with Crippen LogP contribution in [0.25, 0.3) is 0 Å². The third kappa shape index (κ3) is 1.88. The van der Waals surface area contributed by atoms with Crippen LogP contribution in [-0.4, -0.2) is 29.1 Å². The molecule has 1 aromatic carbocycles. The Morgan fingerprint density at radius 1 is 1.43 bits per heavy atom. The highest BCUT2D eigenvalue weighted by Crippen LogP contribution is 2.37. The van der Waals surface area contributed by atoms with Gasteiger partial charge < -0.3 is 20.1 Å². The molecule has 4 nitrogen and oxygen atoms in total. The summed E-state index contributed by atoms with van der Waals surface area (Å²) in [4.78, 5) is 0. The van der Waals surface area contributed by atoms with Crippen molar-refractivity contribution in [3.05, 3.63) is 17.7 Å². The molecule has 0 aromatic heterocycles. The van der Waals surface area contributed by atoms with Crippen LogP contribution in [0.5, 0.6) is 17.2 Å². The van der Waals surface area contributed by atoms with Crippen LogP contribution in [0.15, 0.2) is 12.1 Å². The Kier molecular flexibility index (Phi) is 3.14. The van der Waals surface area contributed by atoms with Crippen LogP contribution < -0.4 is 4.74 Å². The molecule has 0 heterocycles. The number of hydrogen-bond donors (Lipinski definition) is 3. The monoisotopic (exact) mass is 202 g/mol. The zero-order valence-corrected chi connectivity index (χ0v) is 7.57. The summed E-state index contributed by atoms with van der Waals surface area (Å²) in [6.07, 6.45) is -1.32. The van der Waals surface area contributed by atoms with Gasteiger partial charge in [0.05, 0.1) is 7.11 Å². The lowest BCUT2D eigenvalue weighted by molar-refractivity contribution is 0.141. The van der Waals surface area contributed by atoms with Gasteiger partial charge in [-0.1, -0.05) is 0 Å². The van der Waals surface area contributed by atoms with E-state index in [1.807, 2.05) is 0 Å². The summed E-state index contributed by atoms with van der Waals surface area (Å²) in [7, 11) is 1.29. The number of hydrogen-bond acceptors (Lipinski definition) is 4. The Morgan fingerprint density at radius 3 is 2.57 bits per heavy atom. The Morgan fingerprint density at radius 2 is 2.07 bits per heavy atom. The van der Waals surface area contributed by atoms with Crippen molar-refractivity contribution in [2.45, 2.75) is 6.10 Å². The molecule has 3 N–H and O–H groups in total. The predicted octanol–water partition coefficient (Wildman–Crippen LogP) is 1.11. The van der Waals surface area contributed by atoms with Crippen molar-refractivity contribution in [3.63, 3.8) is 0 Å². The Hall–Kier alpha value is -1.49. The molecule has 0 spiro atoms. The van der Waals surface area contributed by atoms with Crippen LogP contribution in [0.1, 0.15) is 11.7 Å². The molecule has 0 aliphatic heterocycles. The van der Waals surface area contributed by atoms with E-state index in [1.165, 1.54) is 13.2 Å². The number of aliphatic hydroxyl groups is 1. The average Bonchev–Trinajstić information content (AvgIpc) is 2.20. The molecule has 1 atom stereocenters. The highest BCUT2D eigenvalue weighted by atomic mass is 19.1. The second kappa shape index (κ2) is 4.15. The zero-order valence-electron chi connectivity index (χ0n) is 7.57. The van der Waals surface area contributed by atoms with Gasteiger partial charge in [0.1, 0.15) is 12.8 Å². The second-order valence-electron chi connectivity index (χ2n) is 2.76. The van der Waals surface area contributed by atoms with Crippen LogP contribution in [0.2, 0.25) is 0 Å². The molecule has 0 saturated carbocycles. The van der Waals surface area contributed by atoms with Gasteiger partial charge in [-0.3, -0.25) is 0 Å². The van der Waals surface area contributed by atoms with E-state index >= 15 is 0 Å². The molecular formula is C9H11FO4. The van der Waals surface area contributed by atoms with E-state index in [4.69, 9.17) is 9.84 Å². The van der Waals surface area contributed by atoms with E-state index in [-0.39, 0.29) is 11.3 Å². The summed E-state index contributed by atoms with van der Waals surface area (Å²) in [6.45, 7) is -0.965. The summed E-state index contributed by atoms with van der Waals surface area (Å²) in [5, 5.41) is 27.6. The summed E-state index contributed by atoms with van der Waals surface area (Å²) >= 11 is 0. The third-order valence-corrected chi connectivity index (χ3v) is 1.83. The van der Waals surface area contributed by atoms with Crippen LogP contribution in [0.3, 0.4) is 0 Å². The quantitative estimate of drug-likeness (QED) is 0.642. The Balaban J connectivity index is 3.16. The first-order valence-electron chi connectivity index (χ1n) is 3.94. The van der Waals surface area contributed by atoms with Crippen LogP contribution >= 0.6 is 0 Å². The van der Waals surface area contributed by atoms with Crippen LogP contribution in [0.4, 0.5) is 4.39 Å². The highest BCUT2D eigenvalue weighted by molar-refractivity contribution is 5.52. The fourth-order valence-electron chi connectivity index (χ4n) is 1.05. The number of rotatable bonds is 3. The molecule has 0 amide bonds. The molecule has 0 radical (unpaired) electrons. The molecule has 0 fully saturated rings. The summed E-state index contributed by atoms with van der Waals surface area (Å²) < 4.78 is 16.8. The maximum atomic E-state index is 12.1. The summed E-state index contributed by atoms with van der Waals surface area (Å²) in [5.74, 6) is -0.887. The normalized spacial score (nSPS) is 12.5. The first-order valence-corrected chi connectivity index (χ1v) is 3.94. The van der Waals surface area contributed by atoms with Crippen molar-refractivity contribution in [2.24, 2.45) is 0 Å². The van der Waals surface area contributed by atoms with E-state index in [1.54, 1.807) is 0 Å². The standard InChI is InChI=1S/C9H11FO4/c1-14-8-3-5(7(12)4-10)2-6(11)9(8)13/h2-3,7,11-13H,4H2,1H3. The smallest absolute Gasteiger partial charge is 0.200 e. The van der Waals surface area contributed by atoms with Crippen molar-refractivity contribution in [2.75, 3.05) is 13.8 Å². The molecule has 1 rings (SSSR count). The number of benzene rings is 1. The van der Waals surface area contributed by atoms with Crippen molar-refractivity contribution in [1.29, 1.82) is 0 Å². The van der Waals surface area contributed by atoms with Crippen molar-refractivity contribution in [1.82, 2.24) is 0 Å². The van der Waals surface area contributed by atoms with E-state index in [2.05, 4.69) is 0 Å². The number of ether oxygens (including phenoxy) is 1. The van der Waals surface area contributed by atoms with Crippen molar-refractivity contribution < 1.29 is 24.4 Å². The van der Waals surface area contributed by atoms with Gasteiger partial charge >= 0.3 is 0 Å². The molecule has 1 aromatic rings. The van der Waals surface area contributed by atoms with Gasteiger partial charge in [0, 0.05) is 0 Å². The highest BCUT2D eigenvalue weighted by Gasteiger charge is 2.14. The van der Waals surface area contributed by atoms with Crippen LogP contribution in [-0.2, 0) is 0 Å². The number of aliphatic hydroxyl groups excluding tert-OH is 1. The molecule has 14 heavy (non-hydrogen) atoms. The van der Waals surface area contributed by atoms with Gasteiger partial charge in [0.25, 0.3) is 0 Å². The molecule has 5 heteroatoms. The molecular weight excluding hydrogens is 191 g/mol. The number of aromatic hydroxyl groups is 2. The third-order valence-electron chi connectivity index (χ3n) is 1.83. The van der Waals surface area contributed by atoms with Gasteiger partial charge in [0.15, 0.2) is 11.5 Å². The fourth-order valence-corrected chi connectivity index (χ4v) is 1.05. The van der Waals surface area contributed by atoms with Gasteiger partial charge in [-0.15, -0.1) is 0 Å². The number of alkyl halides is 1. The maximum absolute atomic E-state index is 12.1. The number of phenolic OH excluding ortho intramolecular Hbond substituents is 2. The molecule has 0 aliphatic rings. The minimum atomic E-state index is -1.32. The van der Waals surface area contributed by atoms with E-state index in [0.29, 0.717) is 0 Å². The lowest BCUT2D eigenvalue weighted by Crippen LogP contribution is -1.99. The SMILES string of the molecule is COc1cc(C(O)CF)cc(O)c1O. The van der Waals surface area contributed by atoms with Gasteiger partial charge in [-0.25, -0.2) is 4.39 Å². The molecule has 78 valence electrons. The van der Waals surface area contributed by atoms with Crippen molar-refractivity contribution in [3.8, 4) is 17.2 Å². The van der Waals surface area contributed by atoms with E-state index < -0.39 is 24.3 Å². The average molecular weight is 202 g/mol. The Bertz CT molecular complexity index is 327. The van der Waals surface area contributed by atoms with E-state index in [0.717, 1.165) is 6.07 Å². The number of halogens is 1. The Labute approximate surface area is 80.2 Å². The first kappa shape index (κ1) is 10.6. The van der Waals surface area contributed by atoms with Gasteiger partial charge in [0.2, 0.25) is 5.75 Å². The first-order chi connectivity index (χ1) is 6.60. The molecule has 0 saturated heterocycles. The number of phenols is 2. The minimum absolute atomic E-state index is 0.00694. The fraction of sp³-hybridized carbons (Fsp3) is 0.333. The molecule has 0 bridgehead atoms. The number of methoxy groups -OCH3 is 1. The largest absolute Gasteiger partial charge is 0.504 e. The lowest BCUT2D eigenvalue weighted by Gasteiger charge is -2.11. The van der Waals surface area contributed by atoms with E-state index in [9.17, 15) is 14.6 Å². The maximum Gasteiger partial charge on any atom is 0.200 e.